The summed E-state index contributed by atoms with van der Waals surface area (Å²) in [5, 5.41) is 26.8. The number of nitro benzene ring substituents is 1. The van der Waals surface area contributed by atoms with Crippen LogP contribution in [0.4, 0.5) is 5.69 Å². The monoisotopic (exact) mass is 279 g/mol. The SMILES string of the molecule is Cc1nonc1COc1ccc(C(=O)O)cc1[N+](=O)[O-]. The van der Waals surface area contributed by atoms with Gasteiger partial charge in [-0.25, -0.2) is 9.42 Å². The van der Waals surface area contributed by atoms with Gasteiger partial charge in [-0.15, -0.1) is 0 Å². The van der Waals surface area contributed by atoms with E-state index in [-0.39, 0.29) is 17.9 Å². The third-order valence-electron chi connectivity index (χ3n) is 2.51. The van der Waals surface area contributed by atoms with E-state index in [9.17, 15) is 14.9 Å². The van der Waals surface area contributed by atoms with E-state index >= 15 is 0 Å². The van der Waals surface area contributed by atoms with E-state index in [0.29, 0.717) is 11.4 Å². The van der Waals surface area contributed by atoms with Crippen LogP contribution in [0, 0.1) is 17.0 Å². The lowest BCUT2D eigenvalue weighted by atomic mass is 10.2. The standard InChI is InChI=1S/C11H9N3O6/c1-6-8(13-20-12-6)5-19-10-3-2-7(11(15)16)4-9(10)14(17)18/h2-4H,5H2,1H3,(H,15,16). The minimum absolute atomic E-state index is 0.0533. The fraction of sp³-hybridized carbons (Fsp3) is 0.182. The predicted molar refractivity (Wildman–Crippen MR) is 63.4 cm³/mol. The Morgan fingerprint density at radius 1 is 1.50 bits per heavy atom. The molecule has 2 rings (SSSR count). The molecule has 1 N–H and O–H groups in total. The molecule has 9 nitrogen and oxygen atoms in total. The maximum Gasteiger partial charge on any atom is 0.335 e. The van der Waals surface area contributed by atoms with Crippen molar-refractivity contribution in [3.05, 3.63) is 45.3 Å². The van der Waals surface area contributed by atoms with Gasteiger partial charge in [0.1, 0.15) is 18.0 Å². The second-order valence-electron chi connectivity index (χ2n) is 3.83. The van der Waals surface area contributed by atoms with Gasteiger partial charge in [0.05, 0.1) is 10.5 Å². The molecular weight excluding hydrogens is 270 g/mol. The van der Waals surface area contributed by atoms with Gasteiger partial charge in [0.2, 0.25) is 0 Å². The maximum atomic E-state index is 10.9. The molecule has 2 aromatic rings. The summed E-state index contributed by atoms with van der Waals surface area (Å²) in [6, 6.07) is 3.38. The van der Waals surface area contributed by atoms with Gasteiger partial charge in [-0.05, 0) is 19.1 Å². The van der Waals surface area contributed by atoms with Crippen molar-refractivity contribution >= 4 is 11.7 Å². The lowest BCUT2D eigenvalue weighted by Gasteiger charge is -2.05. The summed E-state index contributed by atoms with van der Waals surface area (Å²) in [5.41, 5.74) is 0.291. The Morgan fingerprint density at radius 2 is 2.25 bits per heavy atom. The summed E-state index contributed by atoms with van der Waals surface area (Å²) in [4.78, 5) is 21.0. The highest BCUT2D eigenvalue weighted by atomic mass is 16.6. The minimum atomic E-state index is -1.25. The first-order valence-electron chi connectivity index (χ1n) is 5.41. The Balaban J connectivity index is 2.25. The van der Waals surface area contributed by atoms with Crippen molar-refractivity contribution < 1.29 is 24.2 Å². The molecule has 0 atom stereocenters. The molecule has 9 heteroatoms. The van der Waals surface area contributed by atoms with Gasteiger partial charge in [0, 0.05) is 6.07 Å². The summed E-state index contributed by atoms with van der Waals surface area (Å²) in [6.07, 6.45) is 0. The molecule has 1 aromatic heterocycles. The highest BCUT2D eigenvalue weighted by Gasteiger charge is 2.19. The van der Waals surface area contributed by atoms with E-state index < -0.39 is 16.6 Å². The molecule has 0 unspecified atom stereocenters. The quantitative estimate of drug-likeness (QED) is 0.644. The summed E-state index contributed by atoms with van der Waals surface area (Å²) in [6.45, 7) is 1.58. The van der Waals surface area contributed by atoms with Crippen molar-refractivity contribution in [2.75, 3.05) is 0 Å². The number of aryl methyl sites for hydroxylation is 1. The van der Waals surface area contributed by atoms with Crippen molar-refractivity contribution in [2.45, 2.75) is 13.5 Å². The van der Waals surface area contributed by atoms with Crippen LogP contribution >= 0.6 is 0 Å². The largest absolute Gasteiger partial charge is 0.480 e. The normalized spacial score (nSPS) is 10.2. The zero-order valence-corrected chi connectivity index (χ0v) is 10.3. The molecule has 1 aromatic carbocycles. The second-order valence-corrected chi connectivity index (χ2v) is 3.83. The average Bonchev–Trinajstić information content (AvgIpc) is 2.81. The number of hydrogen-bond donors (Lipinski definition) is 1. The van der Waals surface area contributed by atoms with E-state index in [1.165, 1.54) is 12.1 Å². The lowest BCUT2D eigenvalue weighted by molar-refractivity contribution is -0.386. The summed E-state index contributed by atoms with van der Waals surface area (Å²) in [5.74, 6) is -1.31. The molecule has 20 heavy (non-hydrogen) atoms. The number of benzene rings is 1. The number of ether oxygens (including phenoxy) is 1. The molecule has 0 aliphatic carbocycles. The first-order valence-corrected chi connectivity index (χ1v) is 5.41. The number of carboxylic acid groups (broad SMARTS) is 1. The third-order valence-corrected chi connectivity index (χ3v) is 2.51. The van der Waals surface area contributed by atoms with Crippen LogP contribution in [0.3, 0.4) is 0 Å². The molecule has 0 amide bonds. The molecule has 0 spiro atoms. The number of nitrogens with zero attached hydrogens (tertiary/aromatic N) is 3. The minimum Gasteiger partial charge on any atom is -0.480 e. The van der Waals surface area contributed by atoms with Gasteiger partial charge < -0.3 is 9.84 Å². The molecule has 0 bridgehead atoms. The Morgan fingerprint density at radius 3 is 2.80 bits per heavy atom. The van der Waals surface area contributed by atoms with Crippen LogP contribution in [0.25, 0.3) is 0 Å². The molecule has 0 radical (unpaired) electrons. The molecular formula is C11H9N3O6. The van der Waals surface area contributed by atoms with Crippen molar-refractivity contribution in [1.82, 2.24) is 10.3 Å². The van der Waals surface area contributed by atoms with Crippen LogP contribution in [-0.4, -0.2) is 26.3 Å². The van der Waals surface area contributed by atoms with Gasteiger partial charge in [-0.3, -0.25) is 10.1 Å². The number of aromatic nitrogens is 2. The molecule has 0 aliphatic heterocycles. The van der Waals surface area contributed by atoms with Gasteiger partial charge >= 0.3 is 11.7 Å². The zero-order chi connectivity index (χ0) is 14.7. The van der Waals surface area contributed by atoms with Gasteiger partial charge in [0.25, 0.3) is 0 Å². The topological polar surface area (TPSA) is 129 Å². The van der Waals surface area contributed by atoms with Crippen LogP contribution in [0.2, 0.25) is 0 Å². The Hall–Kier alpha value is -2.97. The van der Waals surface area contributed by atoms with Crippen molar-refractivity contribution in [1.29, 1.82) is 0 Å². The highest BCUT2D eigenvalue weighted by molar-refractivity contribution is 5.88. The van der Waals surface area contributed by atoms with E-state index in [4.69, 9.17) is 9.84 Å². The van der Waals surface area contributed by atoms with Crippen molar-refractivity contribution in [3.63, 3.8) is 0 Å². The molecule has 0 saturated heterocycles. The molecule has 0 fully saturated rings. The van der Waals surface area contributed by atoms with Crippen LogP contribution in [0.1, 0.15) is 21.7 Å². The maximum absolute atomic E-state index is 10.9. The Bertz CT molecular complexity index is 666. The zero-order valence-electron chi connectivity index (χ0n) is 10.3. The van der Waals surface area contributed by atoms with Gasteiger partial charge in [-0.1, -0.05) is 10.3 Å². The van der Waals surface area contributed by atoms with Gasteiger partial charge in [0.15, 0.2) is 5.75 Å². The van der Waals surface area contributed by atoms with Crippen molar-refractivity contribution in [2.24, 2.45) is 0 Å². The molecule has 104 valence electrons. The van der Waals surface area contributed by atoms with Crippen LogP contribution in [0.15, 0.2) is 22.8 Å². The smallest absolute Gasteiger partial charge is 0.335 e. The number of rotatable bonds is 5. The van der Waals surface area contributed by atoms with Crippen molar-refractivity contribution in [3.8, 4) is 5.75 Å². The first kappa shape index (κ1) is 13.5. The second kappa shape index (κ2) is 5.34. The summed E-state index contributed by atoms with van der Waals surface area (Å²) in [7, 11) is 0. The van der Waals surface area contributed by atoms with E-state index in [0.717, 1.165) is 6.07 Å². The van der Waals surface area contributed by atoms with E-state index in [2.05, 4.69) is 14.9 Å². The lowest BCUT2D eigenvalue weighted by Crippen LogP contribution is -2.03. The van der Waals surface area contributed by atoms with Crippen LogP contribution < -0.4 is 4.74 Å². The number of aromatic carboxylic acids is 1. The van der Waals surface area contributed by atoms with Crippen LogP contribution in [-0.2, 0) is 6.61 Å². The predicted octanol–water partition coefficient (Wildman–Crippen LogP) is 1.56. The number of carbonyl (C=O) groups is 1. The third kappa shape index (κ3) is 2.71. The molecule has 0 saturated carbocycles. The molecule has 1 heterocycles. The Kier molecular flexibility index (Phi) is 3.60. The highest BCUT2D eigenvalue weighted by Crippen LogP contribution is 2.28. The fourth-order valence-corrected chi connectivity index (χ4v) is 1.44. The number of nitro groups is 1. The number of hydrogen-bond acceptors (Lipinski definition) is 7. The molecule has 0 aliphatic rings. The van der Waals surface area contributed by atoms with E-state index in [1.807, 2.05) is 0 Å². The average molecular weight is 279 g/mol. The van der Waals surface area contributed by atoms with E-state index in [1.54, 1.807) is 6.92 Å². The summed E-state index contributed by atoms with van der Waals surface area (Å²) >= 11 is 0. The summed E-state index contributed by atoms with van der Waals surface area (Å²) < 4.78 is 9.73. The number of carboxylic acids is 1. The Labute approximate surface area is 111 Å². The van der Waals surface area contributed by atoms with Gasteiger partial charge in [-0.2, -0.15) is 0 Å². The first-order chi connectivity index (χ1) is 9.49. The van der Waals surface area contributed by atoms with Crippen LogP contribution in [0.5, 0.6) is 5.75 Å². The fourth-order valence-electron chi connectivity index (χ4n) is 1.44.